The molecule has 2 unspecified atom stereocenters. The predicted octanol–water partition coefficient (Wildman–Crippen LogP) is 3.02. The van der Waals surface area contributed by atoms with Crippen LogP contribution in [0.3, 0.4) is 0 Å². The van der Waals surface area contributed by atoms with Gasteiger partial charge >= 0.3 is 6.03 Å². The zero-order valence-electron chi connectivity index (χ0n) is 18.0. The minimum Gasteiger partial charge on any atom is -0.334 e. The first-order valence-corrected chi connectivity index (χ1v) is 12.0. The molecule has 0 N–H and O–H groups in total. The molecular weight excluding hydrogens is 450 g/mol. The zero-order chi connectivity index (χ0) is 23.4. The maximum atomic E-state index is 13.6. The number of thioether (sulfide) groups is 1. The van der Waals surface area contributed by atoms with Crippen molar-refractivity contribution in [1.29, 1.82) is 5.26 Å². The standard InChI is InChI=1S/C25H19N5O3S/c26-11-19-17-8-4-5-9-18(17)21(12-27-19)30-24(32)23-20-10-15(29(23)25(30)33)13-28(20)22(31)14-34-16-6-2-1-3-7-16/h1-9,12,15,20,23H,10,13-14H2/t15?,20?,23-/m0/s1. The molecule has 1 aromatic heterocycles. The Hall–Kier alpha value is -3.90. The van der Waals surface area contributed by atoms with Crippen LogP contribution in [-0.2, 0) is 9.59 Å². The van der Waals surface area contributed by atoms with Crippen molar-refractivity contribution in [3.05, 3.63) is 66.5 Å². The number of anilines is 1. The van der Waals surface area contributed by atoms with Gasteiger partial charge in [-0.15, -0.1) is 11.8 Å². The van der Waals surface area contributed by atoms with E-state index < -0.39 is 6.04 Å². The van der Waals surface area contributed by atoms with Crippen LogP contribution in [0.1, 0.15) is 12.1 Å². The second-order valence-electron chi connectivity index (χ2n) is 8.56. The molecule has 9 heteroatoms. The van der Waals surface area contributed by atoms with Crippen LogP contribution in [0.5, 0.6) is 0 Å². The Labute approximate surface area is 199 Å². The molecule has 0 radical (unpaired) electrons. The van der Waals surface area contributed by atoms with E-state index in [1.54, 1.807) is 34.1 Å². The Morgan fingerprint density at radius 1 is 1.09 bits per heavy atom. The topological polar surface area (TPSA) is 97.6 Å². The number of imide groups is 1. The van der Waals surface area contributed by atoms with E-state index in [1.807, 2.05) is 30.3 Å². The highest BCUT2D eigenvalue weighted by Gasteiger charge is 2.63. The lowest BCUT2D eigenvalue weighted by atomic mass is 10.1. The van der Waals surface area contributed by atoms with Gasteiger partial charge in [0, 0.05) is 22.2 Å². The predicted molar refractivity (Wildman–Crippen MR) is 126 cm³/mol. The molecular formula is C25H19N5O3S. The second kappa shape index (κ2) is 7.85. The molecule has 168 valence electrons. The molecule has 4 heterocycles. The van der Waals surface area contributed by atoms with Crippen molar-refractivity contribution in [3.8, 4) is 6.07 Å². The number of carbonyl (C=O) groups is 3. The summed E-state index contributed by atoms with van der Waals surface area (Å²) in [6.07, 6.45) is 2.03. The van der Waals surface area contributed by atoms with E-state index in [0.29, 0.717) is 29.4 Å². The lowest BCUT2D eigenvalue weighted by molar-refractivity contribution is -0.133. The van der Waals surface area contributed by atoms with Crippen LogP contribution in [0.15, 0.2) is 65.7 Å². The fourth-order valence-corrected chi connectivity index (χ4v) is 6.16. The van der Waals surface area contributed by atoms with E-state index in [1.165, 1.54) is 22.9 Å². The fraction of sp³-hybridized carbons (Fsp3) is 0.240. The van der Waals surface area contributed by atoms with Gasteiger partial charge in [-0.2, -0.15) is 5.26 Å². The van der Waals surface area contributed by atoms with Gasteiger partial charge < -0.3 is 9.80 Å². The molecule has 3 atom stereocenters. The first kappa shape index (κ1) is 20.7. The number of hydrogen-bond donors (Lipinski definition) is 0. The molecule has 6 rings (SSSR count). The molecule has 3 aliphatic rings. The Kier molecular flexibility index (Phi) is 4.78. The summed E-state index contributed by atoms with van der Waals surface area (Å²) in [5, 5.41) is 10.6. The summed E-state index contributed by atoms with van der Waals surface area (Å²) in [5.41, 5.74) is 0.614. The van der Waals surface area contributed by atoms with Crippen molar-refractivity contribution in [1.82, 2.24) is 14.8 Å². The van der Waals surface area contributed by atoms with Crippen LogP contribution < -0.4 is 4.90 Å². The highest BCUT2D eigenvalue weighted by atomic mass is 32.2. The SMILES string of the molecule is N#Cc1ncc(N2C(=O)[C@@H]3C4CC(CN4C(=O)CSc4ccccc4)N3C2=O)c2ccccc12. The molecule has 3 aromatic rings. The van der Waals surface area contributed by atoms with Crippen molar-refractivity contribution < 1.29 is 14.4 Å². The number of amides is 4. The van der Waals surface area contributed by atoms with Gasteiger partial charge in [0.05, 0.1) is 29.7 Å². The van der Waals surface area contributed by atoms with Crippen molar-refractivity contribution >= 4 is 46.1 Å². The number of fused-ring (bicyclic) bond motifs is 6. The molecule has 34 heavy (non-hydrogen) atoms. The molecule has 0 saturated carbocycles. The zero-order valence-corrected chi connectivity index (χ0v) is 18.8. The van der Waals surface area contributed by atoms with Crippen LogP contribution in [-0.4, -0.2) is 63.1 Å². The van der Waals surface area contributed by atoms with Gasteiger partial charge in [0.15, 0.2) is 0 Å². The number of urea groups is 1. The van der Waals surface area contributed by atoms with Crippen LogP contribution in [0.4, 0.5) is 10.5 Å². The number of nitriles is 1. The molecule has 4 amide bonds. The summed E-state index contributed by atoms with van der Waals surface area (Å²) in [6.45, 7) is 0.439. The molecule has 8 nitrogen and oxygen atoms in total. The number of likely N-dealkylation sites (tertiary alicyclic amines) is 1. The van der Waals surface area contributed by atoms with Crippen molar-refractivity contribution in [2.75, 3.05) is 17.2 Å². The smallest absolute Gasteiger partial charge is 0.332 e. The Bertz CT molecular complexity index is 1390. The first-order valence-electron chi connectivity index (χ1n) is 11.0. The van der Waals surface area contributed by atoms with Gasteiger partial charge in [0.2, 0.25) is 5.91 Å². The number of nitrogens with zero attached hydrogens (tertiary/aromatic N) is 5. The number of piperazine rings is 1. The molecule has 3 aliphatic heterocycles. The third-order valence-corrected chi connectivity index (χ3v) is 7.81. The van der Waals surface area contributed by atoms with Gasteiger partial charge in [0.25, 0.3) is 5.91 Å². The number of rotatable bonds is 4. The van der Waals surface area contributed by atoms with E-state index in [2.05, 4.69) is 11.1 Å². The number of pyridine rings is 1. The largest absolute Gasteiger partial charge is 0.334 e. The molecule has 3 fully saturated rings. The van der Waals surface area contributed by atoms with Crippen LogP contribution in [0.2, 0.25) is 0 Å². The quantitative estimate of drug-likeness (QED) is 0.430. The normalized spacial score (nSPS) is 23.0. The average molecular weight is 470 g/mol. The molecule has 0 spiro atoms. The van der Waals surface area contributed by atoms with E-state index in [9.17, 15) is 19.6 Å². The van der Waals surface area contributed by atoms with Crippen molar-refractivity contribution in [2.45, 2.75) is 29.4 Å². The minimum atomic E-state index is -0.689. The summed E-state index contributed by atoms with van der Waals surface area (Å²) in [6, 6.07) is 17.3. The Morgan fingerprint density at radius 2 is 1.82 bits per heavy atom. The molecule has 2 bridgehead atoms. The lowest BCUT2D eigenvalue weighted by Crippen LogP contribution is -2.55. The summed E-state index contributed by atoms with van der Waals surface area (Å²) in [4.78, 5) is 49.8. The van der Waals surface area contributed by atoms with E-state index in [4.69, 9.17) is 0 Å². The minimum absolute atomic E-state index is 0.0230. The van der Waals surface area contributed by atoms with Gasteiger partial charge in [0.1, 0.15) is 17.8 Å². The maximum absolute atomic E-state index is 13.6. The Morgan fingerprint density at radius 3 is 2.59 bits per heavy atom. The number of benzene rings is 2. The van der Waals surface area contributed by atoms with E-state index in [0.717, 1.165) is 4.90 Å². The number of hydrogen-bond acceptors (Lipinski definition) is 6. The summed E-state index contributed by atoms with van der Waals surface area (Å²) in [5.74, 6) is -0.0803. The second-order valence-corrected chi connectivity index (χ2v) is 9.61. The third kappa shape index (κ3) is 2.99. The maximum Gasteiger partial charge on any atom is 0.332 e. The van der Waals surface area contributed by atoms with Gasteiger partial charge in [-0.1, -0.05) is 42.5 Å². The highest BCUT2D eigenvalue weighted by Crippen LogP contribution is 2.43. The number of carbonyl (C=O) groups excluding carboxylic acids is 3. The van der Waals surface area contributed by atoms with Crippen molar-refractivity contribution in [2.24, 2.45) is 0 Å². The summed E-state index contributed by atoms with van der Waals surface area (Å²) < 4.78 is 0. The highest BCUT2D eigenvalue weighted by molar-refractivity contribution is 8.00. The van der Waals surface area contributed by atoms with Crippen LogP contribution in [0, 0.1) is 11.3 Å². The van der Waals surface area contributed by atoms with Gasteiger partial charge in [-0.3, -0.25) is 9.59 Å². The molecule has 3 saturated heterocycles. The Balaban J connectivity index is 1.27. The van der Waals surface area contributed by atoms with Gasteiger partial charge in [-0.25, -0.2) is 14.7 Å². The van der Waals surface area contributed by atoms with E-state index >= 15 is 0 Å². The molecule has 0 aliphatic carbocycles. The monoisotopic (exact) mass is 469 g/mol. The number of aromatic nitrogens is 1. The average Bonchev–Trinajstić information content (AvgIpc) is 3.54. The third-order valence-electron chi connectivity index (χ3n) is 6.81. The first-order chi connectivity index (χ1) is 16.6. The van der Waals surface area contributed by atoms with Crippen LogP contribution >= 0.6 is 11.8 Å². The lowest BCUT2D eigenvalue weighted by Gasteiger charge is -2.34. The van der Waals surface area contributed by atoms with Crippen molar-refractivity contribution in [3.63, 3.8) is 0 Å². The summed E-state index contributed by atoms with van der Waals surface area (Å²) in [7, 11) is 0. The molecule has 2 aromatic carbocycles. The summed E-state index contributed by atoms with van der Waals surface area (Å²) >= 11 is 1.47. The van der Waals surface area contributed by atoms with Gasteiger partial charge in [-0.05, 0) is 18.6 Å². The fourth-order valence-electron chi connectivity index (χ4n) is 5.36. The van der Waals surface area contributed by atoms with Crippen LogP contribution in [0.25, 0.3) is 10.8 Å². The van der Waals surface area contributed by atoms with E-state index in [-0.39, 0.29) is 41.4 Å².